The van der Waals surface area contributed by atoms with Gasteiger partial charge in [0.15, 0.2) is 0 Å². The second-order valence-corrected chi connectivity index (χ2v) is 3.46. The van der Waals surface area contributed by atoms with Crippen molar-refractivity contribution in [2.75, 3.05) is 0 Å². The molecule has 0 fully saturated rings. The predicted octanol–water partition coefficient (Wildman–Crippen LogP) is 1.58. The van der Waals surface area contributed by atoms with Crippen LogP contribution in [0.25, 0.3) is 11.0 Å². The lowest BCUT2D eigenvalue weighted by Crippen LogP contribution is -2.05. The van der Waals surface area contributed by atoms with Crippen LogP contribution in [0.5, 0.6) is 0 Å². The van der Waals surface area contributed by atoms with E-state index in [0.717, 1.165) is 16.6 Å². The van der Waals surface area contributed by atoms with Gasteiger partial charge in [-0.25, -0.2) is 4.79 Å². The third kappa shape index (κ3) is 1.93. The summed E-state index contributed by atoms with van der Waals surface area (Å²) in [5.41, 5.74) is 2.68. The van der Waals surface area contributed by atoms with Gasteiger partial charge in [-0.2, -0.15) is 15.4 Å². The predicted molar refractivity (Wildman–Crippen MR) is 58.5 cm³/mol. The number of carbonyl (C=O) groups excluding carboxylic acids is 1. The number of nitrogens with one attached hydrogen (secondary N) is 1. The summed E-state index contributed by atoms with van der Waals surface area (Å²) in [5, 5.41) is 10.5. The Balaban J connectivity index is 2.18. The van der Waals surface area contributed by atoms with Gasteiger partial charge in [0.05, 0.1) is 0 Å². The monoisotopic (exact) mass is 217 g/mol. The maximum Gasteiger partial charge on any atom is 0.333 e. The van der Waals surface area contributed by atoms with Crippen LogP contribution in [0.2, 0.25) is 0 Å². The van der Waals surface area contributed by atoms with Crippen LogP contribution in [0, 0.1) is 0 Å². The van der Waals surface area contributed by atoms with Crippen LogP contribution < -0.4 is 0 Å². The van der Waals surface area contributed by atoms with Crippen LogP contribution in [-0.2, 0) is 16.1 Å². The van der Waals surface area contributed by atoms with Crippen LogP contribution >= 0.6 is 0 Å². The number of para-hydroxylation sites is 1. The molecule has 0 saturated carbocycles. The number of hydrogen-bond acceptors (Lipinski definition) is 4. The van der Waals surface area contributed by atoms with Crippen molar-refractivity contribution in [3.05, 3.63) is 35.9 Å². The molecule has 5 heteroatoms. The minimum Gasteiger partial charge on any atom is -0.457 e. The first-order valence-corrected chi connectivity index (χ1v) is 4.79. The van der Waals surface area contributed by atoms with E-state index in [9.17, 15) is 4.79 Å². The fraction of sp³-hybridized carbons (Fsp3) is 0.182. The molecule has 16 heavy (non-hydrogen) atoms. The molecule has 1 aromatic carbocycles. The molecule has 0 amide bonds. The van der Waals surface area contributed by atoms with Crippen molar-refractivity contribution in [2.45, 2.75) is 13.5 Å². The minimum atomic E-state index is -0.402. The van der Waals surface area contributed by atoms with E-state index in [0.29, 0.717) is 5.57 Å². The number of carbonyl (C=O) groups is 1. The molecule has 0 radical (unpaired) electrons. The highest BCUT2D eigenvalue weighted by molar-refractivity contribution is 5.87. The first kappa shape index (κ1) is 10.4. The molecule has 1 heterocycles. The summed E-state index contributed by atoms with van der Waals surface area (Å²) < 4.78 is 5.05. The van der Waals surface area contributed by atoms with Crippen LogP contribution in [0.4, 0.5) is 0 Å². The summed E-state index contributed by atoms with van der Waals surface area (Å²) in [5.74, 6) is -0.402. The first-order chi connectivity index (χ1) is 7.68. The number of H-pyrrole nitrogens is 1. The van der Waals surface area contributed by atoms with E-state index >= 15 is 0 Å². The van der Waals surface area contributed by atoms with Gasteiger partial charge >= 0.3 is 5.97 Å². The van der Waals surface area contributed by atoms with Crippen LogP contribution in [0.15, 0.2) is 30.4 Å². The molecule has 5 nitrogen and oxygen atoms in total. The zero-order valence-electron chi connectivity index (χ0n) is 8.86. The largest absolute Gasteiger partial charge is 0.457 e. The number of aromatic amines is 1. The van der Waals surface area contributed by atoms with Gasteiger partial charge in [-0.1, -0.05) is 18.7 Å². The van der Waals surface area contributed by atoms with E-state index in [1.165, 1.54) is 0 Å². The summed E-state index contributed by atoms with van der Waals surface area (Å²) in [7, 11) is 0. The van der Waals surface area contributed by atoms with Gasteiger partial charge in [-0.3, -0.25) is 0 Å². The lowest BCUT2D eigenvalue weighted by Gasteiger charge is -2.04. The number of esters is 1. The number of benzene rings is 1. The number of nitrogens with zero attached hydrogens (tertiary/aromatic N) is 2. The Hall–Kier alpha value is -2.17. The summed E-state index contributed by atoms with van der Waals surface area (Å²) in [6.45, 7) is 5.30. The van der Waals surface area contributed by atoms with E-state index < -0.39 is 5.97 Å². The highest BCUT2D eigenvalue weighted by Crippen LogP contribution is 2.14. The number of ether oxygens (including phenoxy) is 1. The Kier molecular flexibility index (Phi) is 2.68. The highest BCUT2D eigenvalue weighted by Gasteiger charge is 2.08. The molecule has 1 N–H and O–H groups in total. The van der Waals surface area contributed by atoms with E-state index in [2.05, 4.69) is 22.0 Å². The molecule has 0 aliphatic carbocycles. The van der Waals surface area contributed by atoms with Crippen LogP contribution in [-0.4, -0.2) is 21.4 Å². The zero-order valence-corrected chi connectivity index (χ0v) is 8.86. The smallest absolute Gasteiger partial charge is 0.333 e. The molecular weight excluding hydrogens is 206 g/mol. The maximum atomic E-state index is 11.2. The molecule has 0 aliphatic heterocycles. The van der Waals surface area contributed by atoms with Gasteiger partial charge in [-0.15, -0.1) is 0 Å². The molecule has 2 aromatic rings. The maximum absolute atomic E-state index is 11.2. The second-order valence-electron chi connectivity index (χ2n) is 3.46. The van der Waals surface area contributed by atoms with Gasteiger partial charge < -0.3 is 4.74 Å². The fourth-order valence-electron chi connectivity index (χ4n) is 1.31. The Bertz CT molecular complexity index is 545. The molecular formula is C11H11N3O2. The third-order valence-corrected chi connectivity index (χ3v) is 2.14. The van der Waals surface area contributed by atoms with E-state index in [-0.39, 0.29) is 6.61 Å². The lowest BCUT2D eigenvalue weighted by molar-refractivity contribution is -0.140. The quantitative estimate of drug-likeness (QED) is 0.626. The van der Waals surface area contributed by atoms with Crippen molar-refractivity contribution in [1.82, 2.24) is 15.4 Å². The minimum absolute atomic E-state index is 0.176. The first-order valence-electron chi connectivity index (χ1n) is 4.79. The molecule has 0 bridgehead atoms. The number of fused-ring (bicyclic) bond motifs is 1. The summed E-state index contributed by atoms with van der Waals surface area (Å²) >= 11 is 0. The number of aromatic nitrogens is 3. The van der Waals surface area contributed by atoms with Gasteiger partial charge in [-0.05, 0) is 13.0 Å². The van der Waals surface area contributed by atoms with Gasteiger partial charge in [0.25, 0.3) is 0 Å². The van der Waals surface area contributed by atoms with Crippen molar-refractivity contribution in [2.24, 2.45) is 0 Å². The SMILES string of the molecule is C=C(C)C(=O)OCc1cccc2n[nH]nc12. The van der Waals surface area contributed by atoms with E-state index in [1.54, 1.807) is 6.92 Å². The molecule has 82 valence electrons. The average molecular weight is 217 g/mol. The zero-order chi connectivity index (χ0) is 11.5. The van der Waals surface area contributed by atoms with Crippen LogP contribution in [0.3, 0.4) is 0 Å². The molecule has 0 aliphatic rings. The van der Waals surface area contributed by atoms with Crippen molar-refractivity contribution in [3.8, 4) is 0 Å². The van der Waals surface area contributed by atoms with Crippen molar-refractivity contribution in [1.29, 1.82) is 0 Å². The Morgan fingerprint density at radius 2 is 2.31 bits per heavy atom. The number of rotatable bonds is 3. The molecule has 0 unspecified atom stereocenters. The van der Waals surface area contributed by atoms with Crippen molar-refractivity contribution < 1.29 is 9.53 Å². The molecule has 1 aromatic heterocycles. The second kappa shape index (κ2) is 4.14. The molecule has 0 atom stereocenters. The van der Waals surface area contributed by atoms with Gasteiger partial charge in [0.2, 0.25) is 0 Å². The third-order valence-electron chi connectivity index (χ3n) is 2.14. The molecule has 0 spiro atoms. The Morgan fingerprint density at radius 3 is 3.06 bits per heavy atom. The van der Waals surface area contributed by atoms with Crippen molar-refractivity contribution in [3.63, 3.8) is 0 Å². The van der Waals surface area contributed by atoms with E-state index in [4.69, 9.17) is 4.74 Å². The highest BCUT2D eigenvalue weighted by atomic mass is 16.5. The fourth-order valence-corrected chi connectivity index (χ4v) is 1.31. The standard InChI is InChI=1S/C11H11N3O2/c1-7(2)11(15)16-6-8-4-3-5-9-10(8)13-14-12-9/h3-5H,1,6H2,2H3,(H,12,13,14). The topological polar surface area (TPSA) is 67.9 Å². The lowest BCUT2D eigenvalue weighted by atomic mass is 10.2. The summed E-state index contributed by atoms with van der Waals surface area (Å²) in [6.07, 6.45) is 0. The van der Waals surface area contributed by atoms with Gasteiger partial charge in [0.1, 0.15) is 17.6 Å². The normalized spacial score (nSPS) is 10.3. The Labute approximate surface area is 92.1 Å². The number of hydrogen-bond donors (Lipinski definition) is 1. The molecule has 2 rings (SSSR count). The van der Waals surface area contributed by atoms with E-state index in [1.807, 2.05) is 18.2 Å². The van der Waals surface area contributed by atoms with Crippen molar-refractivity contribution >= 4 is 17.0 Å². The Morgan fingerprint density at radius 1 is 1.50 bits per heavy atom. The summed E-state index contributed by atoms with van der Waals surface area (Å²) in [4.78, 5) is 11.2. The molecule has 0 saturated heterocycles. The summed E-state index contributed by atoms with van der Waals surface area (Å²) in [6, 6.07) is 5.52. The van der Waals surface area contributed by atoms with Crippen LogP contribution in [0.1, 0.15) is 12.5 Å². The van der Waals surface area contributed by atoms with Gasteiger partial charge in [0, 0.05) is 11.1 Å². The average Bonchev–Trinajstić information content (AvgIpc) is 2.73.